The summed E-state index contributed by atoms with van der Waals surface area (Å²) in [6, 6.07) is 6.49. The van der Waals surface area contributed by atoms with E-state index in [4.69, 9.17) is 0 Å². The van der Waals surface area contributed by atoms with E-state index in [2.05, 4.69) is 21.5 Å². The van der Waals surface area contributed by atoms with Crippen LogP contribution >= 0.6 is 0 Å². The van der Waals surface area contributed by atoms with Crippen LogP contribution in [-0.4, -0.2) is 14.8 Å². The molecule has 0 aromatic carbocycles. The molecular weight excluding hydrogens is 212 g/mol. The molecule has 0 fully saturated rings. The van der Waals surface area contributed by atoms with Gasteiger partial charge in [0.15, 0.2) is 0 Å². The number of pyridine rings is 1. The molecular formula is C13H16N4. The number of aromatic nitrogens is 3. The molecule has 3 rings (SSSR count). The van der Waals surface area contributed by atoms with Gasteiger partial charge in [0.25, 0.3) is 0 Å². The van der Waals surface area contributed by atoms with Gasteiger partial charge in [-0.2, -0.15) is 5.10 Å². The minimum absolute atomic E-state index is 0.301. The first-order valence-corrected chi connectivity index (χ1v) is 6.03. The van der Waals surface area contributed by atoms with E-state index in [-0.39, 0.29) is 0 Å². The summed E-state index contributed by atoms with van der Waals surface area (Å²) in [6.07, 6.45) is 7.30. The zero-order valence-electron chi connectivity index (χ0n) is 9.93. The van der Waals surface area contributed by atoms with Gasteiger partial charge >= 0.3 is 0 Å². The third-order valence-electron chi connectivity index (χ3n) is 3.23. The number of hydrogen-bond donors (Lipinski definition) is 1. The van der Waals surface area contributed by atoms with Crippen LogP contribution in [0.1, 0.15) is 30.1 Å². The number of fused-ring (bicyclic) bond motifs is 1. The standard InChI is InChI=1S/C13H16N4/c1-17-9-7-12(16-17)15-11-6-2-4-10-5-3-8-14-13(10)11/h3,5,7-9,11H,2,4,6H2,1H3,(H,15,16). The highest BCUT2D eigenvalue weighted by Gasteiger charge is 2.21. The molecule has 1 N–H and O–H groups in total. The SMILES string of the molecule is Cn1ccc(NC2CCCc3cccnc32)n1. The van der Waals surface area contributed by atoms with Crippen molar-refractivity contribution in [2.45, 2.75) is 25.3 Å². The van der Waals surface area contributed by atoms with E-state index in [1.165, 1.54) is 17.7 Å². The smallest absolute Gasteiger partial charge is 0.148 e. The molecule has 0 radical (unpaired) electrons. The van der Waals surface area contributed by atoms with E-state index < -0.39 is 0 Å². The van der Waals surface area contributed by atoms with Gasteiger partial charge in [-0.05, 0) is 30.9 Å². The predicted molar refractivity (Wildman–Crippen MR) is 66.7 cm³/mol. The highest BCUT2D eigenvalue weighted by atomic mass is 15.3. The average molecular weight is 228 g/mol. The molecule has 88 valence electrons. The lowest BCUT2D eigenvalue weighted by Crippen LogP contribution is -2.19. The number of rotatable bonds is 2. The molecule has 0 spiro atoms. The van der Waals surface area contributed by atoms with Crippen molar-refractivity contribution in [3.63, 3.8) is 0 Å². The predicted octanol–water partition coefficient (Wildman–Crippen LogP) is 2.30. The summed E-state index contributed by atoms with van der Waals surface area (Å²) in [7, 11) is 1.93. The summed E-state index contributed by atoms with van der Waals surface area (Å²) in [4.78, 5) is 4.51. The van der Waals surface area contributed by atoms with Gasteiger partial charge in [-0.15, -0.1) is 0 Å². The van der Waals surface area contributed by atoms with E-state index in [0.29, 0.717) is 6.04 Å². The van der Waals surface area contributed by atoms with E-state index in [1.54, 1.807) is 0 Å². The maximum atomic E-state index is 4.51. The molecule has 0 saturated heterocycles. The zero-order chi connectivity index (χ0) is 11.7. The topological polar surface area (TPSA) is 42.7 Å². The first-order chi connectivity index (χ1) is 8.33. The van der Waals surface area contributed by atoms with Crippen LogP contribution < -0.4 is 5.32 Å². The van der Waals surface area contributed by atoms with Crippen LogP contribution in [0.5, 0.6) is 0 Å². The molecule has 1 unspecified atom stereocenters. The van der Waals surface area contributed by atoms with E-state index in [9.17, 15) is 0 Å². The van der Waals surface area contributed by atoms with Gasteiger partial charge in [0.05, 0.1) is 11.7 Å². The van der Waals surface area contributed by atoms with E-state index in [1.807, 2.05) is 36.3 Å². The average Bonchev–Trinajstić information content (AvgIpc) is 2.75. The molecule has 0 amide bonds. The fourth-order valence-corrected chi connectivity index (χ4v) is 2.42. The molecule has 2 heterocycles. The summed E-state index contributed by atoms with van der Waals surface area (Å²) in [6.45, 7) is 0. The van der Waals surface area contributed by atoms with Crippen molar-refractivity contribution in [3.8, 4) is 0 Å². The van der Waals surface area contributed by atoms with Crippen molar-refractivity contribution in [1.29, 1.82) is 0 Å². The van der Waals surface area contributed by atoms with Gasteiger partial charge in [0, 0.05) is 25.5 Å². The van der Waals surface area contributed by atoms with Crippen LogP contribution in [0.3, 0.4) is 0 Å². The first kappa shape index (κ1) is 10.3. The van der Waals surface area contributed by atoms with Crippen molar-refractivity contribution < 1.29 is 0 Å². The van der Waals surface area contributed by atoms with Crippen molar-refractivity contribution in [1.82, 2.24) is 14.8 Å². The lowest BCUT2D eigenvalue weighted by molar-refractivity contribution is 0.580. The molecule has 0 aliphatic heterocycles. The Morgan fingerprint density at radius 3 is 3.18 bits per heavy atom. The highest BCUT2D eigenvalue weighted by molar-refractivity contribution is 5.38. The van der Waals surface area contributed by atoms with Crippen molar-refractivity contribution in [2.75, 3.05) is 5.32 Å². The number of nitrogens with zero attached hydrogens (tertiary/aromatic N) is 3. The summed E-state index contributed by atoms with van der Waals surface area (Å²) < 4.78 is 1.81. The number of hydrogen-bond acceptors (Lipinski definition) is 3. The second-order valence-corrected chi connectivity index (χ2v) is 4.51. The molecule has 0 bridgehead atoms. The largest absolute Gasteiger partial charge is 0.360 e. The van der Waals surface area contributed by atoms with Crippen molar-refractivity contribution in [3.05, 3.63) is 41.9 Å². The summed E-state index contributed by atoms with van der Waals surface area (Å²) in [5, 5.41) is 7.82. The number of anilines is 1. The Kier molecular flexibility index (Phi) is 2.55. The molecule has 2 aromatic rings. The van der Waals surface area contributed by atoms with Gasteiger partial charge < -0.3 is 5.32 Å². The van der Waals surface area contributed by atoms with Crippen molar-refractivity contribution >= 4 is 5.82 Å². The Morgan fingerprint density at radius 2 is 2.35 bits per heavy atom. The Balaban J connectivity index is 1.85. The molecule has 1 atom stereocenters. The van der Waals surface area contributed by atoms with Gasteiger partial charge in [0.1, 0.15) is 5.82 Å². The number of aryl methyl sites for hydroxylation is 2. The van der Waals surface area contributed by atoms with Crippen LogP contribution in [0.25, 0.3) is 0 Å². The summed E-state index contributed by atoms with van der Waals surface area (Å²) >= 11 is 0. The molecule has 4 heteroatoms. The van der Waals surface area contributed by atoms with E-state index >= 15 is 0 Å². The monoisotopic (exact) mass is 228 g/mol. The molecule has 1 aliphatic carbocycles. The van der Waals surface area contributed by atoms with Crippen LogP contribution in [0, 0.1) is 0 Å². The van der Waals surface area contributed by atoms with Gasteiger partial charge in [-0.1, -0.05) is 6.07 Å². The quantitative estimate of drug-likeness (QED) is 0.857. The third kappa shape index (κ3) is 2.02. The van der Waals surface area contributed by atoms with Crippen molar-refractivity contribution in [2.24, 2.45) is 7.05 Å². The zero-order valence-corrected chi connectivity index (χ0v) is 9.93. The maximum Gasteiger partial charge on any atom is 0.148 e. The normalized spacial score (nSPS) is 18.8. The van der Waals surface area contributed by atoms with Crippen LogP contribution in [0.15, 0.2) is 30.6 Å². The molecule has 2 aromatic heterocycles. The fourth-order valence-electron chi connectivity index (χ4n) is 2.42. The lowest BCUT2D eigenvalue weighted by Gasteiger charge is -2.24. The lowest BCUT2D eigenvalue weighted by atomic mass is 9.92. The number of nitrogens with one attached hydrogen (secondary N) is 1. The molecule has 17 heavy (non-hydrogen) atoms. The molecule has 0 saturated carbocycles. The fraction of sp³-hybridized carbons (Fsp3) is 0.385. The Labute approximate surface area is 101 Å². The van der Waals surface area contributed by atoms with Gasteiger partial charge in [0.2, 0.25) is 0 Å². The third-order valence-corrected chi connectivity index (χ3v) is 3.23. The van der Waals surface area contributed by atoms with Gasteiger partial charge in [-0.3, -0.25) is 9.67 Å². The Hall–Kier alpha value is -1.84. The first-order valence-electron chi connectivity index (χ1n) is 6.03. The van der Waals surface area contributed by atoms with Crippen LogP contribution in [0.4, 0.5) is 5.82 Å². The highest BCUT2D eigenvalue weighted by Crippen LogP contribution is 2.30. The minimum atomic E-state index is 0.301. The molecule has 4 nitrogen and oxygen atoms in total. The molecule has 1 aliphatic rings. The Bertz CT molecular complexity index is 518. The summed E-state index contributed by atoms with van der Waals surface area (Å²) in [5.41, 5.74) is 2.55. The van der Waals surface area contributed by atoms with Gasteiger partial charge in [-0.25, -0.2) is 0 Å². The second-order valence-electron chi connectivity index (χ2n) is 4.51. The van der Waals surface area contributed by atoms with Crippen LogP contribution in [-0.2, 0) is 13.5 Å². The maximum absolute atomic E-state index is 4.51. The Morgan fingerprint density at radius 1 is 1.41 bits per heavy atom. The second kappa shape index (κ2) is 4.20. The van der Waals surface area contributed by atoms with Crippen LogP contribution in [0.2, 0.25) is 0 Å². The van der Waals surface area contributed by atoms with E-state index in [0.717, 1.165) is 18.7 Å². The minimum Gasteiger partial charge on any atom is -0.360 e. The summed E-state index contributed by atoms with van der Waals surface area (Å²) in [5.74, 6) is 0.927.